The molecule has 2 fully saturated rings. The highest BCUT2D eigenvalue weighted by Gasteiger charge is 2.22. The second-order valence-corrected chi connectivity index (χ2v) is 4.97. The molecule has 18 heavy (non-hydrogen) atoms. The summed E-state index contributed by atoms with van der Waals surface area (Å²) in [5, 5.41) is 3.38. The van der Waals surface area contributed by atoms with E-state index >= 15 is 0 Å². The van der Waals surface area contributed by atoms with Gasteiger partial charge in [0.1, 0.15) is 5.69 Å². The minimum atomic E-state index is 0.0194. The van der Waals surface area contributed by atoms with Gasteiger partial charge in [-0.25, -0.2) is 4.98 Å². The van der Waals surface area contributed by atoms with Gasteiger partial charge in [0, 0.05) is 13.1 Å². The third-order valence-corrected chi connectivity index (χ3v) is 3.70. The molecule has 96 valence electrons. The molecule has 0 bridgehead atoms. The fourth-order valence-electron chi connectivity index (χ4n) is 2.65. The summed E-state index contributed by atoms with van der Waals surface area (Å²) >= 11 is 0. The molecule has 2 saturated heterocycles. The van der Waals surface area contributed by atoms with Gasteiger partial charge in [-0.15, -0.1) is 0 Å². The maximum Gasteiger partial charge on any atom is 0.274 e. The first-order chi connectivity index (χ1) is 8.84. The van der Waals surface area contributed by atoms with E-state index < -0.39 is 0 Å². The van der Waals surface area contributed by atoms with Gasteiger partial charge in [-0.05, 0) is 32.2 Å². The van der Waals surface area contributed by atoms with Crippen LogP contribution in [0.4, 0.5) is 0 Å². The maximum absolute atomic E-state index is 12.1. The lowest BCUT2D eigenvalue weighted by Gasteiger charge is -2.15. The second kappa shape index (κ2) is 5.02. The zero-order valence-electron chi connectivity index (χ0n) is 10.4. The molecule has 0 radical (unpaired) electrons. The molecular weight excluding hydrogens is 228 g/mol. The number of amides is 1. The normalized spacial score (nSPS) is 23.6. The Kier molecular flexibility index (Phi) is 3.23. The largest absolute Gasteiger partial charge is 0.337 e. The third kappa shape index (κ3) is 2.22. The fourth-order valence-corrected chi connectivity index (χ4v) is 2.65. The number of nitrogens with one attached hydrogen (secondary N) is 1. The molecule has 0 aromatic carbocycles. The molecule has 0 aliphatic carbocycles. The van der Waals surface area contributed by atoms with Crippen LogP contribution in [0.1, 0.15) is 47.9 Å². The van der Waals surface area contributed by atoms with Gasteiger partial charge < -0.3 is 10.2 Å². The summed E-state index contributed by atoms with van der Waals surface area (Å²) < 4.78 is 0. The molecule has 3 rings (SSSR count). The zero-order valence-corrected chi connectivity index (χ0v) is 10.4. The Labute approximate surface area is 107 Å². The van der Waals surface area contributed by atoms with Gasteiger partial charge in [0.15, 0.2) is 0 Å². The van der Waals surface area contributed by atoms with Crippen LogP contribution >= 0.6 is 0 Å². The molecule has 3 heterocycles. The van der Waals surface area contributed by atoms with Gasteiger partial charge in [0.2, 0.25) is 0 Å². The van der Waals surface area contributed by atoms with Crippen LogP contribution in [0.2, 0.25) is 0 Å². The number of carbonyl (C=O) groups excluding carboxylic acids is 1. The Morgan fingerprint density at radius 1 is 1.22 bits per heavy atom. The number of carbonyl (C=O) groups is 1. The van der Waals surface area contributed by atoms with Gasteiger partial charge in [-0.1, -0.05) is 0 Å². The first-order valence-corrected chi connectivity index (χ1v) is 6.69. The number of hydrogen-bond acceptors (Lipinski definition) is 4. The Balaban J connectivity index is 1.71. The highest BCUT2D eigenvalue weighted by molar-refractivity contribution is 5.92. The number of nitrogens with zero attached hydrogens (tertiary/aromatic N) is 3. The van der Waals surface area contributed by atoms with E-state index in [0.717, 1.165) is 44.6 Å². The lowest BCUT2D eigenvalue weighted by Crippen LogP contribution is -2.28. The molecule has 5 heteroatoms. The quantitative estimate of drug-likeness (QED) is 0.850. The third-order valence-electron chi connectivity index (χ3n) is 3.70. The molecule has 0 spiro atoms. The minimum Gasteiger partial charge on any atom is -0.337 e. The first-order valence-electron chi connectivity index (χ1n) is 6.69. The Bertz CT molecular complexity index is 419. The van der Waals surface area contributed by atoms with Crippen molar-refractivity contribution in [3.63, 3.8) is 0 Å². The smallest absolute Gasteiger partial charge is 0.274 e. The number of hydrogen-bond donors (Lipinski definition) is 1. The van der Waals surface area contributed by atoms with Crippen molar-refractivity contribution < 1.29 is 4.79 Å². The topological polar surface area (TPSA) is 58.1 Å². The Morgan fingerprint density at radius 2 is 2.06 bits per heavy atom. The highest BCUT2D eigenvalue weighted by Crippen LogP contribution is 2.20. The van der Waals surface area contributed by atoms with E-state index in [4.69, 9.17) is 0 Å². The van der Waals surface area contributed by atoms with E-state index in [1.165, 1.54) is 6.42 Å². The summed E-state index contributed by atoms with van der Waals surface area (Å²) in [6.07, 6.45) is 7.85. The van der Waals surface area contributed by atoms with Gasteiger partial charge in [0.05, 0.1) is 24.1 Å². The van der Waals surface area contributed by atoms with Crippen molar-refractivity contribution in [2.24, 2.45) is 0 Å². The van der Waals surface area contributed by atoms with Crippen molar-refractivity contribution in [3.8, 4) is 0 Å². The average molecular weight is 246 g/mol. The number of rotatable bonds is 2. The molecule has 1 atom stereocenters. The van der Waals surface area contributed by atoms with E-state index in [9.17, 15) is 4.79 Å². The van der Waals surface area contributed by atoms with Crippen LogP contribution < -0.4 is 5.32 Å². The molecule has 5 nitrogen and oxygen atoms in total. The maximum atomic E-state index is 12.1. The summed E-state index contributed by atoms with van der Waals surface area (Å²) in [6.45, 7) is 2.75. The Morgan fingerprint density at radius 3 is 2.67 bits per heavy atom. The molecule has 2 aliphatic rings. The monoisotopic (exact) mass is 246 g/mol. The number of likely N-dealkylation sites (tertiary alicyclic amines) is 1. The van der Waals surface area contributed by atoms with Crippen LogP contribution in [0.3, 0.4) is 0 Å². The molecule has 1 aromatic heterocycles. The van der Waals surface area contributed by atoms with Crippen LogP contribution in [0, 0.1) is 0 Å². The van der Waals surface area contributed by atoms with Gasteiger partial charge in [0.25, 0.3) is 5.91 Å². The molecule has 1 amide bonds. The molecule has 2 aliphatic heterocycles. The van der Waals surface area contributed by atoms with Crippen LogP contribution in [0.15, 0.2) is 12.4 Å². The fraction of sp³-hybridized carbons (Fsp3) is 0.615. The van der Waals surface area contributed by atoms with E-state index in [2.05, 4.69) is 15.3 Å². The lowest BCUT2D eigenvalue weighted by atomic mass is 10.2. The van der Waals surface area contributed by atoms with Crippen LogP contribution in [0.25, 0.3) is 0 Å². The van der Waals surface area contributed by atoms with E-state index in [-0.39, 0.29) is 5.91 Å². The first kappa shape index (κ1) is 11.6. The van der Waals surface area contributed by atoms with E-state index in [1.807, 2.05) is 4.90 Å². The van der Waals surface area contributed by atoms with Crippen LogP contribution in [0.5, 0.6) is 0 Å². The summed E-state index contributed by atoms with van der Waals surface area (Å²) in [6, 6.07) is 0.313. The molecule has 0 saturated carbocycles. The van der Waals surface area contributed by atoms with Crippen molar-refractivity contribution in [3.05, 3.63) is 23.8 Å². The van der Waals surface area contributed by atoms with Crippen molar-refractivity contribution in [1.29, 1.82) is 0 Å². The predicted molar refractivity (Wildman–Crippen MR) is 67.1 cm³/mol. The van der Waals surface area contributed by atoms with Gasteiger partial charge in [-0.2, -0.15) is 0 Å². The standard InChI is InChI=1S/C13H18N4O/c18-13(17-6-1-2-7-17)12-9-15-11(8-16-12)10-4-3-5-14-10/h8-10,14H,1-7H2. The SMILES string of the molecule is O=C(c1cnc(C2CCCN2)cn1)N1CCCC1. The van der Waals surface area contributed by atoms with E-state index in [1.54, 1.807) is 12.4 Å². The summed E-state index contributed by atoms with van der Waals surface area (Å²) in [4.78, 5) is 22.6. The van der Waals surface area contributed by atoms with Crippen molar-refractivity contribution in [2.75, 3.05) is 19.6 Å². The molecular formula is C13H18N4O. The van der Waals surface area contributed by atoms with Crippen molar-refractivity contribution in [1.82, 2.24) is 20.2 Å². The molecule has 1 N–H and O–H groups in total. The van der Waals surface area contributed by atoms with Crippen molar-refractivity contribution in [2.45, 2.75) is 31.7 Å². The zero-order chi connectivity index (χ0) is 12.4. The van der Waals surface area contributed by atoms with Crippen LogP contribution in [-0.2, 0) is 0 Å². The lowest BCUT2D eigenvalue weighted by molar-refractivity contribution is 0.0786. The van der Waals surface area contributed by atoms with Gasteiger partial charge in [-0.3, -0.25) is 9.78 Å². The average Bonchev–Trinajstić information content (AvgIpc) is 3.11. The van der Waals surface area contributed by atoms with Crippen molar-refractivity contribution >= 4 is 5.91 Å². The summed E-state index contributed by atoms with van der Waals surface area (Å²) in [7, 11) is 0. The van der Waals surface area contributed by atoms with Gasteiger partial charge >= 0.3 is 0 Å². The minimum absolute atomic E-state index is 0.0194. The second-order valence-electron chi connectivity index (χ2n) is 4.97. The summed E-state index contributed by atoms with van der Waals surface area (Å²) in [5.41, 5.74) is 1.42. The number of aromatic nitrogens is 2. The molecule has 1 unspecified atom stereocenters. The summed E-state index contributed by atoms with van der Waals surface area (Å²) in [5.74, 6) is 0.0194. The van der Waals surface area contributed by atoms with Crippen LogP contribution in [-0.4, -0.2) is 40.4 Å². The molecule has 1 aromatic rings. The Hall–Kier alpha value is -1.49. The highest BCUT2D eigenvalue weighted by atomic mass is 16.2. The predicted octanol–water partition coefficient (Wildman–Crippen LogP) is 1.14. The van der Waals surface area contributed by atoms with E-state index in [0.29, 0.717) is 11.7 Å².